The third-order valence-electron chi connectivity index (χ3n) is 6.74. The SMILES string of the molecule is CC(=O)O.CNCCNC(=O)c1ccc2[nH]c(C(=O)c3cnn(-c4ccc(Oc5ccccc5C(=O)N(C)C)cc4Cl)c3N)cc2c1. The molecule has 0 atom stereocenters. The van der Waals surface area contributed by atoms with Gasteiger partial charge in [-0.25, -0.2) is 4.68 Å². The number of hydrogen-bond donors (Lipinski definition) is 5. The Kier molecular flexibility index (Phi) is 11.0. The number of nitrogens with zero attached hydrogens (tertiary/aromatic N) is 3. The van der Waals surface area contributed by atoms with Crippen molar-refractivity contribution in [2.45, 2.75) is 6.92 Å². The molecule has 2 aromatic heterocycles. The number of carbonyl (C=O) groups is 4. The zero-order valence-corrected chi connectivity index (χ0v) is 26.9. The number of anilines is 1. The molecular weight excluding hydrogens is 626 g/mol. The molecule has 6 N–H and O–H groups in total. The first kappa shape index (κ1) is 34.2. The second kappa shape index (κ2) is 15.1. The van der Waals surface area contributed by atoms with Crippen LogP contribution in [-0.2, 0) is 4.79 Å². The quantitative estimate of drug-likeness (QED) is 0.107. The number of carboxylic acids is 1. The van der Waals surface area contributed by atoms with Crippen molar-refractivity contribution in [2.24, 2.45) is 0 Å². The highest BCUT2D eigenvalue weighted by molar-refractivity contribution is 6.32. The predicted octanol–water partition coefficient (Wildman–Crippen LogP) is 4.35. The number of benzene rings is 3. The first-order chi connectivity index (χ1) is 22.4. The second-order valence-electron chi connectivity index (χ2n) is 10.5. The highest BCUT2D eigenvalue weighted by Gasteiger charge is 2.22. The number of ether oxygens (including phenoxy) is 1. The molecule has 47 heavy (non-hydrogen) atoms. The lowest BCUT2D eigenvalue weighted by Crippen LogP contribution is -2.30. The molecule has 13 nitrogen and oxygen atoms in total. The van der Waals surface area contributed by atoms with Gasteiger partial charge in [-0.05, 0) is 55.6 Å². The number of aromatic nitrogens is 3. The topological polar surface area (TPSA) is 185 Å². The summed E-state index contributed by atoms with van der Waals surface area (Å²) in [5.74, 6) is -0.694. The van der Waals surface area contributed by atoms with Crippen LogP contribution < -0.4 is 21.1 Å². The van der Waals surface area contributed by atoms with E-state index in [1.54, 1.807) is 80.8 Å². The minimum absolute atomic E-state index is 0.103. The number of likely N-dealkylation sites (N-methyl/N-ethyl adjacent to an activating group) is 1. The monoisotopic (exact) mass is 659 g/mol. The van der Waals surface area contributed by atoms with Crippen molar-refractivity contribution in [3.8, 4) is 17.2 Å². The number of rotatable bonds is 10. The lowest BCUT2D eigenvalue weighted by molar-refractivity contribution is -0.134. The van der Waals surface area contributed by atoms with Gasteiger partial charge in [-0.3, -0.25) is 19.2 Å². The first-order valence-corrected chi connectivity index (χ1v) is 14.7. The van der Waals surface area contributed by atoms with Crippen LogP contribution >= 0.6 is 11.6 Å². The molecule has 244 valence electrons. The highest BCUT2D eigenvalue weighted by Crippen LogP contribution is 2.32. The fraction of sp³-hybridized carbons (Fsp3) is 0.182. The minimum atomic E-state index is -0.833. The van der Waals surface area contributed by atoms with Gasteiger partial charge in [-0.15, -0.1) is 0 Å². The van der Waals surface area contributed by atoms with Gasteiger partial charge in [0, 0.05) is 56.6 Å². The maximum Gasteiger partial charge on any atom is 0.300 e. The largest absolute Gasteiger partial charge is 0.481 e. The number of carboxylic acid groups (broad SMARTS) is 1. The van der Waals surface area contributed by atoms with Crippen LogP contribution in [0.25, 0.3) is 16.6 Å². The number of aliphatic carboxylic acids is 1. The van der Waals surface area contributed by atoms with Crippen molar-refractivity contribution < 1.29 is 29.0 Å². The van der Waals surface area contributed by atoms with E-state index in [4.69, 9.17) is 32.0 Å². The van der Waals surface area contributed by atoms with Gasteiger partial charge >= 0.3 is 0 Å². The number of ketones is 1. The smallest absolute Gasteiger partial charge is 0.300 e. The third-order valence-corrected chi connectivity index (χ3v) is 7.04. The van der Waals surface area contributed by atoms with E-state index in [1.165, 1.54) is 15.8 Å². The molecule has 0 bridgehead atoms. The average molecular weight is 660 g/mol. The van der Waals surface area contributed by atoms with E-state index in [-0.39, 0.29) is 34.0 Å². The van der Waals surface area contributed by atoms with Crippen molar-refractivity contribution in [3.63, 3.8) is 0 Å². The van der Waals surface area contributed by atoms with Crippen molar-refractivity contribution in [1.82, 2.24) is 30.3 Å². The van der Waals surface area contributed by atoms with Gasteiger partial charge in [0.25, 0.3) is 17.8 Å². The number of nitrogen functional groups attached to an aromatic ring is 1. The summed E-state index contributed by atoms with van der Waals surface area (Å²) in [7, 11) is 5.15. The predicted molar refractivity (Wildman–Crippen MR) is 179 cm³/mol. The van der Waals surface area contributed by atoms with E-state index in [0.29, 0.717) is 58.0 Å². The molecule has 2 heterocycles. The van der Waals surface area contributed by atoms with Crippen molar-refractivity contribution in [1.29, 1.82) is 0 Å². The Morgan fingerprint density at radius 1 is 1.02 bits per heavy atom. The average Bonchev–Trinajstić information content (AvgIpc) is 3.63. The number of H-pyrrole nitrogens is 1. The first-order valence-electron chi connectivity index (χ1n) is 14.3. The summed E-state index contributed by atoms with van der Waals surface area (Å²) in [6.45, 7) is 2.24. The van der Waals surface area contributed by atoms with E-state index < -0.39 is 5.97 Å². The Balaban J connectivity index is 0.00000118. The molecule has 0 aliphatic carbocycles. The van der Waals surface area contributed by atoms with Gasteiger partial charge in [0.1, 0.15) is 17.3 Å². The zero-order valence-electron chi connectivity index (χ0n) is 26.1. The van der Waals surface area contributed by atoms with E-state index in [2.05, 4.69) is 20.7 Å². The Labute approximate surface area is 275 Å². The number of hydrogen-bond acceptors (Lipinski definition) is 8. The van der Waals surface area contributed by atoms with Crippen LogP contribution in [0.3, 0.4) is 0 Å². The number of halogens is 1. The number of para-hydroxylation sites is 1. The second-order valence-corrected chi connectivity index (χ2v) is 10.9. The number of aromatic amines is 1. The van der Waals surface area contributed by atoms with Gasteiger partial charge in [-0.2, -0.15) is 5.10 Å². The number of fused-ring (bicyclic) bond motifs is 1. The van der Waals surface area contributed by atoms with Crippen LogP contribution in [0.1, 0.15) is 43.7 Å². The van der Waals surface area contributed by atoms with Gasteiger partial charge in [0.05, 0.1) is 33.7 Å². The summed E-state index contributed by atoms with van der Waals surface area (Å²) in [4.78, 5) is 52.0. The number of amides is 2. The zero-order chi connectivity index (χ0) is 34.2. The molecule has 3 aromatic carbocycles. The molecule has 0 spiro atoms. The fourth-order valence-electron chi connectivity index (χ4n) is 4.49. The summed E-state index contributed by atoms with van der Waals surface area (Å²) >= 11 is 6.60. The Morgan fingerprint density at radius 2 is 1.74 bits per heavy atom. The Hall–Kier alpha value is -5.66. The lowest BCUT2D eigenvalue weighted by Gasteiger charge is -2.15. The van der Waals surface area contributed by atoms with E-state index in [0.717, 1.165) is 6.92 Å². The Bertz CT molecular complexity index is 1950. The summed E-state index contributed by atoms with van der Waals surface area (Å²) < 4.78 is 7.36. The maximum atomic E-state index is 13.4. The van der Waals surface area contributed by atoms with E-state index in [1.807, 2.05) is 7.05 Å². The molecule has 0 saturated heterocycles. The summed E-state index contributed by atoms with van der Waals surface area (Å²) in [5.41, 5.74) is 8.90. The van der Waals surface area contributed by atoms with Gasteiger partial charge in [0.15, 0.2) is 0 Å². The Morgan fingerprint density at radius 3 is 2.43 bits per heavy atom. The highest BCUT2D eigenvalue weighted by atomic mass is 35.5. The standard InChI is InChI=1S/C31H30ClN7O4.C2H4O2/c1-34-12-13-35-30(41)18-8-10-24-19(14-18)15-25(37-24)28(40)22-17-36-39(29(22)33)26-11-9-20(16-23(26)32)43-27-7-5-4-6-21(27)31(42)38(2)3;1-2(3)4/h4-11,14-17,34,37H,12-13,33H2,1-3H3,(H,35,41);1H3,(H,3,4). The van der Waals surface area contributed by atoms with Crippen LogP contribution in [0.15, 0.2) is 72.9 Å². The number of nitrogens with two attached hydrogens (primary N) is 1. The summed E-state index contributed by atoms with van der Waals surface area (Å²) in [6.07, 6.45) is 1.38. The molecule has 0 fully saturated rings. The maximum absolute atomic E-state index is 13.4. The third kappa shape index (κ3) is 8.14. The molecule has 5 aromatic rings. The molecule has 0 aliphatic heterocycles. The molecule has 0 saturated carbocycles. The van der Waals surface area contributed by atoms with Crippen LogP contribution in [0.5, 0.6) is 11.5 Å². The number of carbonyl (C=O) groups excluding carboxylic acids is 3. The molecule has 0 radical (unpaired) electrons. The lowest BCUT2D eigenvalue weighted by atomic mass is 10.1. The molecule has 2 amide bonds. The van der Waals surface area contributed by atoms with Gasteiger partial charge < -0.3 is 36.1 Å². The van der Waals surface area contributed by atoms with Crippen LogP contribution in [0, 0.1) is 0 Å². The molecule has 14 heteroatoms. The fourth-order valence-corrected chi connectivity index (χ4v) is 4.74. The van der Waals surface area contributed by atoms with Crippen molar-refractivity contribution in [2.75, 3.05) is 40.0 Å². The van der Waals surface area contributed by atoms with Crippen LogP contribution in [-0.4, -0.2) is 82.6 Å². The summed E-state index contributed by atoms with van der Waals surface area (Å²) in [6, 6.07) is 18.7. The molecule has 5 rings (SSSR count). The van der Waals surface area contributed by atoms with Crippen LogP contribution in [0.4, 0.5) is 5.82 Å². The van der Waals surface area contributed by atoms with E-state index >= 15 is 0 Å². The molecule has 0 aliphatic rings. The molecule has 0 unspecified atom stereocenters. The molecular formula is C33H34ClN7O6. The number of nitrogens with one attached hydrogen (secondary N) is 3. The normalized spacial score (nSPS) is 10.6. The van der Waals surface area contributed by atoms with Crippen molar-refractivity contribution >= 4 is 51.9 Å². The van der Waals surface area contributed by atoms with Gasteiger partial charge in [-0.1, -0.05) is 23.7 Å². The summed E-state index contributed by atoms with van der Waals surface area (Å²) in [5, 5.41) is 18.5. The van der Waals surface area contributed by atoms with Crippen molar-refractivity contribution in [3.05, 3.63) is 100 Å². The minimum Gasteiger partial charge on any atom is -0.481 e. The van der Waals surface area contributed by atoms with E-state index in [9.17, 15) is 14.4 Å². The van der Waals surface area contributed by atoms with Gasteiger partial charge in [0.2, 0.25) is 5.78 Å². The van der Waals surface area contributed by atoms with Crippen LogP contribution in [0.2, 0.25) is 5.02 Å².